The summed E-state index contributed by atoms with van der Waals surface area (Å²) in [5.41, 5.74) is 0. The van der Waals surface area contributed by atoms with Crippen LogP contribution in [0.5, 0.6) is 0 Å². The third-order valence-corrected chi connectivity index (χ3v) is 6.31. The van der Waals surface area contributed by atoms with E-state index in [9.17, 15) is 0 Å². The monoisotopic (exact) mass is 262 g/mol. The van der Waals surface area contributed by atoms with Crippen molar-refractivity contribution in [3.63, 3.8) is 0 Å². The molecule has 0 N–H and O–H groups in total. The molecule has 0 aliphatic heterocycles. The molecule has 0 saturated heterocycles. The Hall–Kier alpha value is 0.0969. The summed E-state index contributed by atoms with van der Waals surface area (Å²) in [5, 5.41) is -0.0662. The average Bonchev–Trinajstić information content (AvgIpc) is 2.26. The Bertz CT molecular complexity index is 180. The number of hydrogen-bond donors (Lipinski definition) is 0. The summed E-state index contributed by atoms with van der Waals surface area (Å²) < 4.78 is 17.7. The standard InChI is InChI=1S/C13H30O3Si/c1-7-9-11-15-17(14-6,13(3,4)5)16-12-10-8-2/h7-12H2,1-6H3. The van der Waals surface area contributed by atoms with Gasteiger partial charge in [-0.05, 0) is 12.8 Å². The number of hydrogen-bond acceptors (Lipinski definition) is 3. The predicted octanol–water partition coefficient (Wildman–Crippen LogP) is 4.01. The van der Waals surface area contributed by atoms with E-state index in [1.165, 1.54) is 0 Å². The molecule has 0 aromatic heterocycles. The van der Waals surface area contributed by atoms with E-state index in [0.717, 1.165) is 38.9 Å². The molecule has 0 rings (SSSR count). The fourth-order valence-electron chi connectivity index (χ4n) is 1.60. The molecule has 0 aromatic carbocycles. The lowest BCUT2D eigenvalue weighted by Crippen LogP contribution is -2.53. The average molecular weight is 262 g/mol. The predicted molar refractivity (Wildman–Crippen MR) is 74.2 cm³/mol. The maximum absolute atomic E-state index is 6.02. The largest absolute Gasteiger partial charge is 0.506 e. The van der Waals surface area contributed by atoms with Crippen LogP contribution in [0.25, 0.3) is 0 Å². The Morgan fingerprint density at radius 1 is 0.882 bits per heavy atom. The summed E-state index contributed by atoms with van der Waals surface area (Å²) in [4.78, 5) is 0. The molecule has 0 radical (unpaired) electrons. The van der Waals surface area contributed by atoms with Gasteiger partial charge >= 0.3 is 8.80 Å². The van der Waals surface area contributed by atoms with E-state index in [1.807, 2.05) is 0 Å². The van der Waals surface area contributed by atoms with Crippen LogP contribution >= 0.6 is 0 Å². The van der Waals surface area contributed by atoms with Crippen molar-refractivity contribution in [3.8, 4) is 0 Å². The fourth-order valence-corrected chi connectivity index (χ4v) is 4.22. The van der Waals surface area contributed by atoms with Gasteiger partial charge in [-0.2, -0.15) is 0 Å². The van der Waals surface area contributed by atoms with Crippen molar-refractivity contribution in [1.82, 2.24) is 0 Å². The van der Waals surface area contributed by atoms with Crippen molar-refractivity contribution in [3.05, 3.63) is 0 Å². The molecule has 0 atom stereocenters. The molecule has 0 bridgehead atoms. The molecule has 0 amide bonds. The summed E-state index contributed by atoms with van der Waals surface area (Å²) in [6, 6.07) is 0. The van der Waals surface area contributed by atoms with Crippen molar-refractivity contribution in [2.75, 3.05) is 20.3 Å². The molecule has 0 aliphatic carbocycles. The van der Waals surface area contributed by atoms with E-state index in [4.69, 9.17) is 13.3 Å². The topological polar surface area (TPSA) is 27.7 Å². The van der Waals surface area contributed by atoms with Crippen LogP contribution in [-0.4, -0.2) is 29.1 Å². The van der Waals surface area contributed by atoms with Crippen LogP contribution in [0, 0.1) is 0 Å². The zero-order valence-electron chi connectivity index (χ0n) is 12.5. The quantitative estimate of drug-likeness (QED) is 0.464. The number of rotatable bonds is 9. The van der Waals surface area contributed by atoms with E-state index >= 15 is 0 Å². The van der Waals surface area contributed by atoms with Crippen molar-refractivity contribution >= 4 is 8.80 Å². The van der Waals surface area contributed by atoms with Gasteiger partial charge in [0.15, 0.2) is 0 Å². The molecule has 17 heavy (non-hydrogen) atoms. The smallest absolute Gasteiger partial charge is 0.377 e. The Labute approximate surface area is 108 Å². The van der Waals surface area contributed by atoms with Crippen molar-refractivity contribution in [1.29, 1.82) is 0 Å². The van der Waals surface area contributed by atoms with E-state index in [0.29, 0.717) is 0 Å². The van der Waals surface area contributed by atoms with Crippen LogP contribution < -0.4 is 0 Å². The van der Waals surface area contributed by atoms with Crippen LogP contribution in [0.3, 0.4) is 0 Å². The van der Waals surface area contributed by atoms with Crippen molar-refractivity contribution < 1.29 is 13.3 Å². The lowest BCUT2D eigenvalue weighted by Gasteiger charge is -2.38. The molecule has 0 aliphatic rings. The Balaban J connectivity index is 4.52. The van der Waals surface area contributed by atoms with Crippen LogP contribution in [0.15, 0.2) is 0 Å². The molecule has 0 spiro atoms. The second-order valence-electron chi connectivity index (χ2n) is 5.41. The molecular weight excluding hydrogens is 232 g/mol. The molecule has 0 saturated carbocycles. The van der Waals surface area contributed by atoms with Crippen LogP contribution in [0.4, 0.5) is 0 Å². The van der Waals surface area contributed by atoms with E-state index in [-0.39, 0.29) is 5.04 Å². The highest BCUT2D eigenvalue weighted by atomic mass is 28.4. The Morgan fingerprint density at radius 3 is 1.53 bits per heavy atom. The maximum Gasteiger partial charge on any atom is 0.506 e. The van der Waals surface area contributed by atoms with Crippen molar-refractivity contribution in [2.45, 2.75) is 65.3 Å². The SMILES string of the molecule is CCCCO[Si](OC)(OCCCC)C(C)(C)C. The van der Waals surface area contributed by atoms with E-state index in [1.54, 1.807) is 7.11 Å². The lowest BCUT2D eigenvalue weighted by molar-refractivity contribution is 0.0548. The summed E-state index contributed by atoms with van der Waals surface area (Å²) in [5.74, 6) is 0. The highest BCUT2D eigenvalue weighted by Gasteiger charge is 2.52. The molecule has 0 heterocycles. The van der Waals surface area contributed by atoms with Gasteiger partial charge in [0.25, 0.3) is 0 Å². The zero-order chi connectivity index (χ0) is 13.4. The van der Waals surface area contributed by atoms with Crippen LogP contribution in [-0.2, 0) is 13.3 Å². The second kappa shape index (κ2) is 8.24. The van der Waals surface area contributed by atoms with Gasteiger partial charge in [-0.25, -0.2) is 0 Å². The first kappa shape index (κ1) is 17.1. The van der Waals surface area contributed by atoms with Gasteiger partial charge in [0.1, 0.15) is 0 Å². The zero-order valence-corrected chi connectivity index (χ0v) is 13.5. The summed E-state index contributed by atoms with van der Waals surface area (Å²) in [6.45, 7) is 12.2. The molecule has 0 aromatic rings. The van der Waals surface area contributed by atoms with Gasteiger partial charge in [0.05, 0.1) is 0 Å². The molecular formula is C13H30O3Si. The normalized spacial score (nSPS) is 13.1. The Morgan fingerprint density at radius 2 is 1.29 bits per heavy atom. The van der Waals surface area contributed by atoms with Crippen molar-refractivity contribution in [2.24, 2.45) is 0 Å². The first-order chi connectivity index (χ1) is 7.93. The molecule has 0 unspecified atom stereocenters. The molecule has 104 valence electrons. The first-order valence-corrected chi connectivity index (χ1v) is 8.49. The van der Waals surface area contributed by atoms with Crippen LogP contribution in [0.2, 0.25) is 5.04 Å². The summed E-state index contributed by atoms with van der Waals surface area (Å²) in [6.07, 6.45) is 4.39. The minimum absolute atomic E-state index is 0.0662. The highest BCUT2D eigenvalue weighted by Crippen LogP contribution is 2.38. The first-order valence-electron chi connectivity index (χ1n) is 6.76. The van der Waals surface area contributed by atoms with Gasteiger partial charge in [-0.3, -0.25) is 0 Å². The minimum atomic E-state index is -2.55. The van der Waals surface area contributed by atoms with Crippen LogP contribution in [0.1, 0.15) is 60.3 Å². The van der Waals surface area contributed by atoms with Gasteiger partial charge < -0.3 is 13.3 Å². The molecule has 0 fully saturated rings. The van der Waals surface area contributed by atoms with Gasteiger partial charge in [-0.1, -0.05) is 47.5 Å². The number of unbranched alkanes of at least 4 members (excludes halogenated alkanes) is 2. The highest BCUT2D eigenvalue weighted by molar-refractivity contribution is 6.64. The van der Waals surface area contributed by atoms with Gasteiger partial charge in [0, 0.05) is 25.4 Å². The minimum Gasteiger partial charge on any atom is -0.377 e. The third-order valence-electron chi connectivity index (χ3n) is 2.77. The van der Waals surface area contributed by atoms with Gasteiger partial charge in [0.2, 0.25) is 0 Å². The second-order valence-corrected chi connectivity index (χ2v) is 9.01. The maximum atomic E-state index is 6.02. The lowest BCUT2D eigenvalue weighted by atomic mass is 10.3. The fraction of sp³-hybridized carbons (Fsp3) is 1.00. The summed E-state index contributed by atoms with van der Waals surface area (Å²) >= 11 is 0. The molecule has 3 nitrogen and oxygen atoms in total. The molecule has 4 heteroatoms. The van der Waals surface area contributed by atoms with E-state index in [2.05, 4.69) is 34.6 Å². The Kier molecular flexibility index (Phi) is 8.29. The van der Waals surface area contributed by atoms with Gasteiger partial charge in [-0.15, -0.1) is 0 Å². The summed E-state index contributed by atoms with van der Waals surface area (Å²) in [7, 11) is -0.828. The third kappa shape index (κ3) is 5.51. The van der Waals surface area contributed by atoms with E-state index < -0.39 is 8.80 Å².